The molecule has 2 unspecified atom stereocenters. The van der Waals surface area contributed by atoms with Gasteiger partial charge in [0.05, 0.1) is 6.04 Å². The third kappa shape index (κ3) is 2.60. The summed E-state index contributed by atoms with van der Waals surface area (Å²) in [5.74, 6) is 0.447. The molecule has 0 aliphatic carbocycles. The monoisotopic (exact) mass is 269 g/mol. The van der Waals surface area contributed by atoms with Crippen molar-refractivity contribution < 1.29 is 4.79 Å². The molecule has 0 saturated carbocycles. The first-order valence-corrected chi connectivity index (χ1v) is 7.02. The second-order valence-electron chi connectivity index (χ2n) is 5.33. The number of rotatable bonds is 3. The van der Waals surface area contributed by atoms with E-state index in [0.717, 1.165) is 24.3 Å². The number of carbonyl (C=O) groups excluding carboxylic acids is 1. The molecule has 4 heteroatoms. The summed E-state index contributed by atoms with van der Waals surface area (Å²) in [5, 5.41) is 6.25. The highest BCUT2D eigenvalue weighted by molar-refractivity contribution is 5.95. The summed E-state index contributed by atoms with van der Waals surface area (Å²) in [5.41, 5.74) is 1.88. The number of aromatic nitrogens is 1. The van der Waals surface area contributed by atoms with Crippen molar-refractivity contribution in [2.75, 3.05) is 11.9 Å². The first-order chi connectivity index (χ1) is 9.74. The van der Waals surface area contributed by atoms with Crippen LogP contribution in [0.2, 0.25) is 0 Å². The van der Waals surface area contributed by atoms with Crippen LogP contribution >= 0.6 is 0 Å². The van der Waals surface area contributed by atoms with Gasteiger partial charge >= 0.3 is 0 Å². The molecule has 2 atom stereocenters. The quantitative estimate of drug-likeness (QED) is 0.899. The van der Waals surface area contributed by atoms with Gasteiger partial charge in [-0.3, -0.25) is 4.79 Å². The Morgan fingerprint density at radius 1 is 1.30 bits per heavy atom. The van der Waals surface area contributed by atoms with E-state index < -0.39 is 0 Å². The van der Waals surface area contributed by atoms with E-state index in [2.05, 4.69) is 17.6 Å². The second kappa shape index (κ2) is 5.51. The second-order valence-corrected chi connectivity index (χ2v) is 5.33. The summed E-state index contributed by atoms with van der Waals surface area (Å²) in [6, 6.07) is 11.8. The number of nitrogens with one attached hydrogen (secondary N) is 2. The van der Waals surface area contributed by atoms with Crippen LogP contribution in [0, 0.1) is 5.92 Å². The molecule has 3 rings (SSSR count). The summed E-state index contributed by atoms with van der Waals surface area (Å²) in [6.45, 7) is 3.03. The van der Waals surface area contributed by atoms with Crippen LogP contribution in [0.5, 0.6) is 0 Å². The summed E-state index contributed by atoms with van der Waals surface area (Å²) < 4.78 is 2.02. The number of carbonyl (C=O) groups is 1. The van der Waals surface area contributed by atoms with Crippen molar-refractivity contribution in [3.63, 3.8) is 0 Å². The highest BCUT2D eigenvalue weighted by Crippen LogP contribution is 2.18. The molecule has 1 aliphatic rings. The molecule has 2 N–H and O–H groups in total. The zero-order chi connectivity index (χ0) is 13.9. The topological polar surface area (TPSA) is 46.1 Å². The van der Waals surface area contributed by atoms with Gasteiger partial charge in [0, 0.05) is 23.8 Å². The minimum atomic E-state index is -0.0785. The fourth-order valence-electron chi connectivity index (χ4n) is 2.66. The third-order valence-electron chi connectivity index (χ3n) is 3.83. The molecule has 0 spiro atoms. The van der Waals surface area contributed by atoms with Crippen molar-refractivity contribution in [1.82, 2.24) is 9.88 Å². The molecular weight excluding hydrogens is 250 g/mol. The van der Waals surface area contributed by atoms with Gasteiger partial charge in [0.15, 0.2) is 0 Å². The van der Waals surface area contributed by atoms with Gasteiger partial charge in [-0.15, -0.1) is 0 Å². The highest BCUT2D eigenvalue weighted by atomic mass is 16.2. The van der Waals surface area contributed by atoms with Crippen LogP contribution in [0.15, 0.2) is 48.8 Å². The van der Waals surface area contributed by atoms with Crippen LogP contribution in [-0.2, 0) is 4.79 Å². The SMILES string of the molecule is CC1CCNC1C(=O)Nc1cccc(-n2cccc2)c1. The lowest BCUT2D eigenvalue weighted by Gasteiger charge is -2.16. The maximum Gasteiger partial charge on any atom is 0.241 e. The Morgan fingerprint density at radius 2 is 2.10 bits per heavy atom. The molecule has 1 saturated heterocycles. The highest BCUT2D eigenvalue weighted by Gasteiger charge is 2.29. The molecule has 4 nitrogen and oxygen atoms in total. The molecule has 2 heterocycles. The minimum Gasteiger partial charge on any atom is -0.325 e. The Kier molecular flexibility index (Phi) is 3.56. The van der Waals surface area contributed by atoms with Crippen molar-refractivity contribution >= 4 is 11.6 Å². The molecular formula is C16H19N3O. The Bertz CT molecular complexity index is 592. The lowest BCUT2D eigenvalue weighted by molar-refractivity contribution is -0.118. The van der Waals surface area contributed by atoms with Gasteiger partial charge in [0.2, 0.25) is 5.91 Å². The Hall–Kier alpha value is -2.07. The average Bonchev–Trinajstić information content (AvgIpc) is 3.09. The van der Waals surface area contributed by atoms with Crippen molar-refractivity contribution in [3.8, 4) is 5.69 Å². The van der Waals surface area contributed by atoms with Crippen molar-refractivity contribution in [2.45, 2.75) is 19.4 Å². The van der Waals surface area contributed by atoms with Gasteiger partial charge in [0.25, 0.3) is 0 Å². The van der Waals surface area contributed by atoms with E-state index in [1.807, 2.05) is 53.4 Å². The summed E-state index contributed by atoms with van der Waals surface area (Å²) >= 11 is 0. The third-order valence-corrected chi connectivity index (χ3v) is 3.83. The van der Waals surface area contributed by atoms with Gasteiger partial charge in [-0.2, -0.15) is 0 Å². The first kappa shape index (κ1) is 12.9. The van der Waals surface area contributed by atoms with Crippen LogP contribution in [0.4, 0.5) is 5.69 Å². The summed E-state index contributed by atoms with van der Waals surface area (Å²) in [4.78, 5) is 12.2. The van der Waals surface area contributed by atoms with E-state index in [-0.39, 0.29) is 11.9 Å². The number of nitrogens with zero attached hydrogens (tertiary/aromatic N) is 1. The van der Waals surface area contributed by atoms with E-state index in [9.17, 15) is 4.79 Å². The van der Waals surface area contributed by atoms with E-state index in [0.29, 0.717) is 5.92 Å². The molecule has 1 amide bonds. The normalized spacial score (nSPS) is 21.9. The largest absolute Gasteiger partial charge is 0.325 e. The number of anilines is 1. The zero-order valence-corrected chi connectivity index (χ0v) is 11.5. The Morgan fingerprint density at radius 3 is 2.80 bits per heavy atom. The average molecular weight is 269 g/mol. The van der Waals surface area contributed by atoms with Crippen LogP contribution in [0.1, 0.15) is 13.3 Å². The van der Waals surface area contributed by atoms with E-state index >= 15 is 0 Å². The molecule has 1 fully saturated rings. The Labute approximate surface area is 118 Å². The number of amides is 1. The van der Waals surface area contributed by atoms with Gasteiger partial charge in [-0.05, 0) is 49.2 Å². The van der Waals surface area contributed by atoms with E-state index in [1.54, 1.807) is 0 Å². The summed E-state index contributed by atoms with van der Waals surface area (Å²) in [6.07, 6.45) is 5.03. The fraction of sp³-hybridized carbons (Fsp3) is 0.312. The Balaban J connectivity index is 1.74. The van der Waals surface area contributed by atoms with Gasteiger partial charge in [-0.1, -0.05) is 13.0 Å². The van der Waals surface area contributed by atoms with Crippen LogP contribution in [0.25, 0.3) is 5.69 Å². The molecule has 104 valence electrons. The molecule has 1 aliphatic heterocycles. The summed E-state index contributed by atoms with van der Waals surface area (Å²) in [7, 11) is 0. The smallest absolute Gasteiger partial charge is 0.241 e. The number of hydrogen-bond acceptors (Lipinski definition) is 2. The minimum absolute atomic E-state index is 0.0552. The first-order valence-electron chi connectivity index (χ1n) is 7.02. The molecule has 1 aromatic carbocycles. The van der Waals surface area contributed by atoms with Gasteiger partial charge in [0.1, 0.15) is 0 Å². The lowest BCUT2D eigenvalue weighted by Crippen LogP contribution is -2.39. The van der Waals surface area contributed by atoms with Gasteiger partial charge < -0.3 is 15.2 Å². The van der Waals surface area contributed by atoms with Crippen molar-refractivity contribution in [3.05, 3.63) is 48.8 Å². The maximum absolute atomic E-state index is 12.2. The molecule has 0 bridgehead atoms. The lowest BCUT2D eigenvalue weighted by atomic mass is 10.0. The van der Waals surface area contributed by atoms with Gasteiger partial charge in [-0.25, -0.2) is 0 Å². The zero-order valence-electron chi connectivity index (χ0n) is 11.5. The van der Waals surface area contributed by atoms with Crippen molar-refractivity contribution in [1.29, 1.82) is 0 Å². The van der Waals surface area contributed by atoms with Crippen LogP contribution in [-0.4, -0.2) is 23.1 Å². The van der Waals surface area contributed by atoms with Crippen molar-refractivity contribution in [2.24, 2.45) is 5.92 Å². The number of hydrogen-bond donors (Lipinski definition) is 2. The van der Waals surface area contributed by atoms with E-state index in [4.69, 9.17) is 0 Å². The van der Waals surface area contributed by atoms with Crippen LogP contribution < -0.4 is 10.6 Å². The molecule has 2 aromatic rings. The molecule has 0 radical (unpaired) electrons. The number of benzene rings is 1. The molecule has 1 aromatic heterocycles. The maximum atomic E-state index is 12.2. The molecule has 20 heavy (non-hydrogen) atoms. The standard InChI is InChI=1S/C16H19N3O/c1-12-7-8-17-15(12)16(20)18-13-5-4-6-14(11-13)19-9-2-3-10-19/h2-6,9-12,15,17H,7-8H2,1H3,(H,18,20). The van der Waals surface area contributed by atoms with E-state index in [1.165, 1.54) is 0 Å². The predicted molar refractivity (Wildman–Crippen MR) is 80.0 cm³/mol. The predicted octanol–water partition coefficient (Wildman–Crippen LogP) is 2.41. The van der Waals surface area contributed by atoms with Crippen LogP contribution in [0.3, 0.4) is 0 Å². The fourth-order valence-corrected chi connectivity index (χ4v) is 2.66.